The van der Waals surface area contributed by atoms with Crippen molar-refractivity contribution in [1.29, 1.82) is 0 Å². The van der Waals surface area contributed by atoms with Crippen LogP contribution in [0, 0.1) is 0 Å². The van der Waals surface area contributed by atoms with Crippen LogP contribution in [0.1, 0.15) is 232 Å². The Labute approximate surface area is 354 Å². The summed E-state index contributed by atoms with van der Waals surface area (Å²) < 4.78 is 10.8. The number of aliphatic hydroxyl groups is 5. The summed E-state index contributed by atoms with van der Waals surface area (Å²) in [7, 11) is 0. The van der Waals surface area contributed by atoms with Crippen LogP contribution in [-0.2, 0) is 23.9 Å². The third-order valence-electron chi connectivity index (χ3n) is 11.3. The number of unbranched alkanes of at least 4 members (excludes halogenated alkanes) is 30. The molecule has 11 heteroatoms. The van der Waals surface area contributed by atoms with E-state index >= 15 is 0 Å². The largest absolute Gasteiger partial charge is 0.466 e. The van der Waals surface area contributed by atoms with Gasteiger partial charge >= 0.3 is 11.9 Å². The van der Waals surface area contributed by atoms with Crippen LogP contribution in [0.25, 0.3) is 0 Å². The van der Waals surface area contributed by atoms with E-state index in [2.05, 4.69) is 19.2 Å². The Morgan fingerprint density at radius 3 is 1.14 bits per heavy atom. The Morgan fingerprint density at radius 1 is 0.466 bits per heavy atom. The molecule has 0 aliphatic rings. The molecule has 4 unspecified atom stereocenters. The SMILES string of the molecule is CCCCCCCCCCCCCCCCCCOC(=O)CC[C@H](NC(=O)C(O)C(O)C(O)C(O)CO)C(=O)OCCCCCCCCCCCCCCCCCC. The summed E-state index contributed by atoms with van der Waals surface area (Å²) in [6, 6.07) is -1.31. The molecule has 0 aromatic carbocycles. The zero-order valence-corrected chi connectivity index (χ0v) is 37.3. The van der Waals surface area contributed by atoms with Crippen LogP contribution in [0.2, 0.25) is 0 Å². The van der Waals surface area contributed by atoms with E-state index in [1.165, 1.54) is 161 Å². The summed E-state index contributed by atoms with van der Waals surface area (Å²) >= 11 is 0. The maximum atomic E-state index is 13.0. The fourth-order valence-electron chi connectivity index (χ4n) is 7.28. The lowest BCUT2D eigenvalue weighted by molar-refractivity contribution is -0.155. The Morgan fingerprint density at radius 2 is 0.793 bits per heavy atom. The number of carbonyl (C=O) groups excluding carboxylic acids is 3. The van der Waals surface area contributed by atoms with Crippen molar-refractivity contribution >= 4 is 17.8 Å². The Balaban J connectivity index is 4.39. The Kier molecular flexibility index (Phi) is 40.6. The molecule has 0 aliphatic carbocycles. The lowest BCUT2D eigenvalue weighted by Crippen LogP contribution is -2.54. The van der Waals surface area contributed by atoms with Crippen molar-refractivity contribution in [3.63, 3.8) is 0 Å². The first kappa shape index (κ1) is 56.2. The normalized spacial score (nSPS) is 14.1. The highest BCUT2D eigenvalue weighted by Gasteiger charge is 2.36. The van der Waals surface area contributed by atoms with Gasteiger partial charge in [-0.1, -0.05) is 206 Å². The minimum Gasteiger partial charge on any atom is -0.466 e. The predicted molar refractivity (Wildman–Crippen MR) is 233 cm³/mol. The van der Waals surface area contributed by atoms with E-state index in [1.807, 2.05) is 0 Å². The number of esters is 2. The maximum absolute atomic E-state index is 13.0. The van der Waals surface area contributed by atoms with Crippen molar-refractivity contribution in [3.05, 3.63) is 0 Å². The number of aliphatic hydroxyl groups excluding tert-OH is 5. The van der Waals surface area contributed by atoms with Gasteiger partial charge in [-0.25, -0.2) is 4.79 Å². The molecule has 0 saturated heterocycles. The molecule has 0 aliphatic heterocycles. The van der Waals surface area contributed by atoms with E-state index in [-0.39, 0.29) is 26.1 Å². The fraction of sp³-hybridized carbons (Fsp3) is 0.936. The molecule has 0 aromatic heterocycles. The first-order chi connectivity index (χ1) is 28.2. The van der Waals surface area contributed by atoms with Gasteiger partial charge in [-0.15, -0.1) is 0 Å². The summed E-state index contributed by atoms with van der Waals surface area (Å²) in [5.74, 6) is -2.49. The quantitative estimate of drug-likeness (QED) is 0.0256. The van der Waals surface area contributed by atoms with E-state index in [9.17, 15) is 34.8 Å². The molecule has 5 atom stereocenters. The topological polar surface area (TPSA) is 183 Å². The summed E-state index contributed by atoms with van der Waals surface area (Å²) in [6.07, 6.45) is 31.1. The predicted octanol–water partition coefficient (Wildman–Crippen LogP) is 9.30. The third-order valence-corrected chi connectivity index (χ3v) is 11.3. The van der Waals surface area contributed by atoms with Crippen LogP contribution in [0.15, 0.2) is 0 Å². The van der Waals surface area contributed by atoms with Crippen LogP contribution in [0.4, 0.5) is 0 Å². The molecule has 0 saturated carbocycles. The molecule has 0 radical (unpaired) electrons. The van der Waals surface area contributed by atoms with Crippen molar-refractivity contribution in [2.45, 2.75) is 263 Å². The van der Waals surface area contributed by atoms with Crippen molar-refractivity contribution < 1.29 is 49.4 Å². The molecule has 0 spiro atoms. The monoisotopic (exact) mass is 830 g/mol. The van der Waals surface area contributed by atoms with Crippen molar-refractivity contribution in [2.75, 3.05) is 19.8 Å². The summed E-state index contributed by atoms with van der Waals surface area (Å²) in [4.78, 5) is 38.3. The van der Waals surface area contributed by atoms with Gasteiger partial charge < -0.3 is 40.3 Å². The van der Waals surface area contributed by atoms with Crippen LogP contribution < -0.4 is 5.32 Å². The Bertz CT molecular complexity index is 937. The number of hydrogen-bond donors (Lipinski definition) is 6. The molecule has 1 amide bonds. The summed E-state index contributed by atoms with van der Waals surface area (Å²) in [5, 5.41) is 51.3. The molecular weight excluding hydrogens is 739 g/mol. The second-order valence-corrected chi connectivity index (χ2v) is 16.8. The lowest BCUT2D eigenvalue weighted by Gasteiger charge is -2.26. The molecule has 6 N–H and O–H groups in total. The van der Waals surface area contributed by atoms with Gasteiger partial charge in [0.25, 0.3) is 5.91 Å². The first-order valence-corrected chi connectivity index (χ1v) is 24.1. The van der Waals surface area contributed by atoms with Crippen LogP contribution in [-0.4, -0.2) is 93.7 Å². The standard InChI is InChI=1S/C47H91NO10/c1-3-5-7-9-11-13-15-17-19-21-23-25-27-29-31-33-37-57-42(51)36-35-40(48-46(55)45(54)44(53)43(52)41(50)39-49)47(56)58-38-34-32-30-28-26-24-22-20-18-16-14-12-10-8-6-4-2/h40-41,43-45,49-50,52-54H,3-39H2,1-2H3,(H,48,55)/t40-,41?,43?,44?,45?/m0/s1. The van der Waals surface area contributed by atoms with Gasteiger partial charge in [-0.05, 0) is 19.3 Å². The maximum Gasteiger partial charge on any atom is 0.328 e. The molecule has 0 bridgehead atoms. The smallest absolute Gasteiger partial charge is 0.328 e. The van der Waals surface area contributed by atoms with Gasteiger partial charge in [0.15, 0.2) is 6.10 Å². The van der Waals surface area contributed by atoms with E-state index in [4.69, 9.17) is 14.6 Å². The lowest BCUT2D eigenvalue weighted by atomic mass is 10.0. The number of amides is 1. The number of hydrogen-bond acceptors (Lipinski definition) is 10. The molecule has 0 fully saturated rings. The van der Waals surface area contributed by atoms with Gasteiger partial charge in [0.2, 0.25) is 0 Å². The number of carbonyl (C=O) groups is 3. The number of rotatable bonds is 44. The van der Waals surface area contributed by atoms with E-state index in [0.29, 0.717) is 6.42 Å². The van der Waals surface area contributed by atoms with Gasteiger partial charge in [0.05, 0.1) is 19.8 Å². The number of nitrogens with one attached hydrogen (secondary N) is 1. The van der Waals surface area contributed by atoms with E-state index in [1.54, 1.807) is 0 Å². The van der Waals surface area contributed by atoms with E-state index in [0.717, 1.165) is 38.5 Å². The Hall–Kier alpha value is -1.79. The minimum absolute atomic E-state index is 0.139. The summed E-state index contributed by atoms with van der Waals surface area (Å²) in [6.45, 7) is 4.02. The molecular formula is C47H91NO10. The van der Waals surface area contributed by atoms with Crippen molar-refractivity contribution in [3.8, 4) is 0 Å². The minimum atomic E-state index is -2.21. The van der Waals surface area contributed by atoms with Gasteiger partial charge in [0.1, 0.15) is 24.4 Å². The molecule has 344 valence electrons. The zero-order valence-electron chi connectivity index (χ0n) is 37.3. The van der Waals surface area contributed by atoms with Gasteiger partial charge in [-0.2, -0.15) is 0 Å². The second kappa shape index (κ2) is 41.9. The zero-order chi connectivity index (χ0) is 42.9. The molecule has 0 aromatic rings. The molecule has 0 heterocycles. The average Bonchev–Trinajstić information content (AvgIpc) is 3.23. The van der Waals surface area contributed by atoms with Crippen LogP contribution >= 0.6 is 0 Å². The molecule has 0 rings (SSSR count). The van der Waals surface area contributed by atoms with Gasteiger partial charge in [-0.3, -0.25) is 9.59 Å². The van der Waals surface area contributed by atoms with Crippen molar-refractivity contribution in [1.82, 2.24) is 5.32 Å². The van der Waals surface area contributed by atoms with Gasteiger partial charge in [0, 0.05) is 6.42 Å². The fourth-order valence-corrected chi connectivity index (χ4v) is 7.28. The number of ether oxygens (including phenoxy) is 2. The molecule has 11 nitrogen and oxygen atoms in total. The van der Waals surface area contributed by atoms with Crippen LogP contribution in [0.5, 0.6) is 0 Å². The third kappa shape index (κ3) is 34.0. The van der Waals surface area contributed by atoms with Crippen molar-refractivity contribution in [2.24, 2.45) is 0 Å². The second-order valence-electron chi connectivity index (χ2n) is 16.8. The first-order valence-electron chi connectivity index (χ1n) is 24.1. The molecule has 58 heavy (non-hydrogen) atoms. The van der Waals surface area contributed by atoms with E-state index < -0.39 is 54.9 Å². The summed E-state index contributed by atoms with van der Waals surface area (Å²) in [5.41, 5.74) is 0. The van der Waals surface area contributed by atoms with Crippen LogP contribution in [0.3, 0.4) is 0 Å². The average molecular weight is 830 g/mol. The highest BCUT2D eigenvalue weighted by Crippen LogP contribution is 2.16. The highest BCUT2D eigenvalue weighted by atomic mass is 16.5. The highest BCUT2D eigenvalue weighted by molar-refractivity contribution is 5.87.